The molecule has 1 atom stereocenters. The predicted molar refractivity (Wildman–Crippen MR) is 40.9 cm³/mol. The van der Waals surface area contributed by atoms with Crippen LogP contribution in [0, 0.1) is 17.5 Å². The monoisotopic (exact) mass is 230 g/mol. The Hall–Kier alpha value is -0.840. The molecule has 0 saturated heterocycles. The Labute approximate surface area is 81.3 Å². The molecule has 0 amide bonds. The lowest BCUT2D eigenvalue weighted by Gasteiger charge is -2.09. The Kier molecular flexibility index (Phi) is 3.31. The van der Waals surface area contributed by atoms with Crippen LogP contribution >= 0.6 is 11.6 Å². The molecular weight excluding hydrogens is 227 g/mol. The van der Waals surface area contributed by atoms with Gasteiger partial charge < -0.3 is 0 Å². The molecule has 1 unspecified atom stereocenters. The normalized spacial score (nSPS) is 13.4. The van der Waals surface area contributed by atoms with E-state index in [1.54, 1.807) is 0 Å². The second-order valence-corrected chi connectivity index (χ2v) is 2.99. The molecule has 0 heterocycles. The molecule has 0 aliphatic carbocycles. The van der Waals surface area contributed by atoms with Crippen LogP contribution in [0.1, 0.15) is 10.9 Å². The molecule has 1 aromatic rings. The van der Waals surface area contributed by atoms with Crippen molar-refractivity contribution >= 4 is 11.6 Å². The Morgan fingerprint density at radius 1 is 0.929 bits per heavy atom. The number of hydrogen-bond donors (Lipinski definition) is 0. The van der Waals surface area contributed by atoms with Gasteiger partial charge in [-0.15, -0.1) is 11.6 Å². The molecule has 0 bridgehead atoms. The zero-order chi connectivity index (χ0) is 10.9. The van der Waals surface area contributed by atoms with Crippen molar-refractivity contribution in [3.8, 4) is 0 Å². The Bertz CT molecular complexity index is 339. The Morgan fingerprint density at radius 3 is 1.93 bits per heavy atom. The van der Waals surface area contributed by atoms with Gasteiger partial charge in [-0.05, 0) is 6.07 Å². The van der Waals surface area contributed by atoms with Crippen molar-refractivity contribution in [2.75, 3.05) is 0 Å². The number of rotatable bonds is 2. The minimum absolute atomic E-state index is 0.183. The molecule has 6 heteroatoms. The van der Waals surface area contributed by atoms with Crippen molar-refractivity contribution in [2.24, 2.45) is 0 Å². The van der Waals surface area contributed by atoms with Crippen LogP contribution in [0.3, 0.4) is 0 Å². The quantitative estimate of drug-likeness (QED) is 0.413. The first kappa shape index (κ1) is 11.2. The maximum Gasteiger partial charge on any atom is 0.258 e. The molecule has 0 spiro atoms. The van der Waals surface area contributed by atoms with Crippen LogP contribution in [0.25, 0.3) is 0 Å². The van der Waals surface area contributed by atoms with Gasteiger partial charge in [0.2, 0.25) is 0 Å². The summed E-state index contributed by atoms with van der Waals surface area (Å²) in [7, 11) is 0. The molecule has 14 heavy (non-hydrogen) atoms. The lowest BCUT2D eigenvalue weighted by Crippen LogP contribution is -2.06. The van der Waals surface area contributed by atoms with Crippen molar-refractivity contribution in [1.82, 2.24) is 0 Å². The summed E-state index contributed by atoms with van der Waals surface area (Å²) in [5.74, 6) is -4.14. The third kappa shape index (κ3) is 2.15. The summed E-state index contributed by atoms with van der Waals surface area (Å²) in [6, 6.07) is 0.511. The highest BCUT2D eigenvalue weighted by molar-refractivity contribution is 6.21. The van der Waals surface area contributed by atoms with Gasteiger partial charge in [-0.2, -0.15) is 0 Å². The van der Waals surface area contributed by atoms with Gasteiger partial charge in [0.05, 0.1) is 0 Å². The van der Waals surface area contributed by atoms with Crippen LogP contribution in [-0.2, 0) is 0 Å². The van der Waals surface area contributed by atoms with Gasteiger partial charge in [-0.3, -0.25) is 0 Å². The van der Waals surface area contributed by atoms with Crippen LogP contribution < -0.4 is 0 Å². The van der Waals surface area contributed by atoms with E-state index >= 15 is 0 Å². The van der Waals surface area contributed by atoms with Crippen molar-refractivity contribution in [2.45, 2.75) is 11.8 Å². The van der Waals surface area contributed by atoms with Gasteiger partial charge in [0, 0.05) is 11.6 Å². The Morgan fingerprint density at radius 2 is 1.43 bits per heavy atom. The molecule has 0 saturated carbocycles. The maximum absolute atomic E-state index is 12.8. The molecule has 0 radical (unpaired) electrons. The van der Waals surface area contributed by atoms with E-state index in [1.165, 1.54) is 0 Å². The summed E-state index contributed by atoms with van der Waals surface area (Å²) in [5.41, 5.74) is -0.749. The number of benzene rings is 1. The lowest BCUT2D eigenvalue weighted by atomic mass is 10.1. The van der Waals surface area contributed by atoms with Crippen molar-refractivity contribution in [3.63, 3.8) is 0 Å². The molecule has 0 fully saturated rings. The first-order valence-corrected chi connectivity index (χ1v) is 3.93. The van der Waals surface area contributed by atoms with Crippen LogP contribution in [0.15, 0.2) is 12.1 Å². The standard InChI is InChI=1S/C8H4ClF5/c9-7(8(13)14)3-1-5(11)6(12)2-4(3)10/h1-2,7-8H. The van der Waals surface area contributed by atoms with Crippen LogP contribution in [-0.4, -0.2) is 6.43 Å². The summed E-state index contributed by atoms with van der Waals surface area (Å²) >= 11 is 5.09. The molecule has 1 rings (SSSR count). The van der Waals surface area contributed by atoms with E-state index in [0.717, 1.165) is 0 Å². The van der Waals surface area contributed by atoms with Gasteiger partial charge in [-0.25, -0.2) is 22.0 Å². The van der Waals surface area contributed by atoms with E-state index in [0.29, 0.717) is 6.07 Å². The van der Waals surface area contributed by atoms with Crippen molar-refractivity contribution < 1.29 is 22.0 Å². The molecule has 0 aliphatic heterocycles. The van der Waals surface area contributed by atoms with Crippen molar-refractivity contribution in [1.29, 1.82) is 0 Å². The summed E-state index contributed by atoms with van der Waals surface area (Å²) < 4.78 is 61.8. The van der Waals surface area contributed by atoms with Gasteiger partial charge in [0.1, 0.15) is 11.2 Å². The molecule has 0 nitrogen and oxygen atoms in total. The second-order valence-electron chi connectivity index (χ2n) is 2.52. The van der Waals surface area contributed by atoms with Crippen LogP contribution in [0.2, 0.25) is 0 Å². The molecular formula is C8H4ClF5. The topological polar surface area (TPSA) is 0 Å². The fourth-order valence-corrected chi connectivity index (χ4v) is 1.05. The third-order valence-electron chi connectivity index (χ3n) is 1.56. The average molecular weight is 231 g/mol. The average Bonchev–Trinajstić information content (AvgIpc) is 2.10. The molecule has 0 aromatic heterocycles. The molecule has 0 N–H and O–H groups in total. The molecule has 1 aromatic carbocycles. The maximum atomic E-state index is 12.8. The number of alkyl halides is 3. The second kappa shape index (κ2) is 4.13. The smallest absolute Gasteiger partial charge is 0.208 e. The van der Waals surface area contributed by atoms with Crippen LogP contribution in [0.4, 0.5) is 22.0 Å². The minimum atomic E-state index is -3.05. The number of hydrogen-bond acceptors (Lipinski definition) is 0. The summed E-state index contributed by atoms with van der Waals surface area (Å²) in [5, 5.41) is -1.98. The third-order valence-corrected chi connectivity index (χ3v) is 1.98. The van der Waals surface area contributed by atoms with E-state index < -0.39 is 34.8 Å². The summed E-state index contributed by atoms with van der Waals surface area (Å²) in [4.78, 5) is 0. The van der Waals surface area contributed by atoms with Gasteiger partial charge in [0.15, 0.2) is 11.6 Å². The zero-order valence-electron chi connectivity index (χ0n) is 6.58. The van der Waals surface area contributed by atoms with E-state index in [1.807, 2.05) is 0 Å². The van der Waals surface area contributed by atoms with E-state index in [-0.39, 0.29) is 6.07 Å². The molecule has 0 aliphatic rings. The first-order chi connectivity index (χ1) is 6.43. The minimum Gasteiger partial charge on any atom is -0.208 e. The van der Waals surface area contributed by atoms with E-state index in [4.69, 9.17) is 11.6 Å². The van der Waals surface area contributed by atoms with E-state index in [9.17, 15) is 22.0 Å². The highest BCUT2D eigenvalue weighted by Gasteiger charge is 2.24. The number of halogens is 6. The van der Waals surface area contributed by atoms with E-state index in [2.05, 4.69) is 0 Å². The lowest BCUT2D eigenvalue weighted by molar-refractivity contribution is 0.141. The summed E-state index contributed by atoms with van der Waals surface area (Å²) in [6.07, 6.45) is -3.05. The fraction of sp³-hybridized carbons (Fsp3) is 0.250. The SMILES string of the molecule is Fc1cc(F)c(C(Cl)C(F)F)cc1F. The van der Waals surface area contributed by atoms with Crippen molar-refractivity contribution in [3.05, 3.63) is 35.1 Å². The zero-order valence-corrected chi connectivity index (χ0v) is 7.33. The predicted octanol–water partition coefficient (Wildman–Crippen LogP) is 3.65. The van der Waals surface area contributed by atoms with Gasteiger partial charge in [0.25, 0.3) is 6.43 Å². The summed E-state index contributed by atoms with van der Waals surface area (Å²) in [6.45, 7) is 0. The first-order valence-electron chi connectivity index (χ1n) is 3.50. The largest absolute Gasteiger partial charge is 0.258 e. The van der Waals surface area contributed by atoms with Gasteiger partial charge >= 0.3 is 0 Å². The highest BCUT2D eigenvalue weighted by Crippen LogP contribution is 2.30. The highest BCUT2D eigenvalue weighted by atomic mass is 35.5. The van der Waals surface area contributed by atoms with Gasteiger partial charge in [-0.1, -0.05) is 0 Å². The Balaban J connectivity index is 3.15. The van der Waals surface area contributed by atoms with Crippen LogP contribution in [0.5, 0.6) is 0 Å². The fourth-order valence-electron chi connectivity index (χ4n) is 0.885. The molecule has 78 valence electrons.